The van der Waals surface area contributed by atoms with Crippen molar-refractivity contribution in [3.05, 3.63) is 42.6 Å². The minimum Gasteiger partial charge on any atom is -0.381 e. The number of carbonyl (C=O) groups excluding carboxylic acids is 1. The van der Waals surface area contributed by atoms with Crippen LogP contribution < -0.4 is 10.6 Å². The molecule has 162 valence electrons. The molecule has 2 fully saturated rings. The van der Waals surface area contributed by atoms with Crippen LogP contribution in [0.5, 0.6) is 0 Å². The highest BCUT2D eigenvalue weighted by Gasteiger charge is 2.22. The summed E-state index contributed by atoms with van der Waals surface area (Å²) < 4.78 is 7.42. The molecule has 1 saturated heterocycles. The number of rotatable bonds is 5. The van der Waals surface area contributed by atoms with E-state index < -0.39 is 0 Å². The van der Waals surface area contributed by atoms with E-state index >= 15 is 0 Å². The Balaban J connectivity index is 1.46. The van der Waals surface area contributed by atoms with Gasteiger partial charge in [-0.3, -0.25) is 9.36 Å². The van der Waals surface area contributed by atoms with E-state index in [2.05, 4.69) is 25.6 Å². The fourth-order valence-corrected chi connectivity index (χ4v) is 4.51. The first-order valence-corrected chi connectivity index (χ1v) is 11.2. The topological polar surface area (TPSA) is 94.0 Å². The number of aromatic nitrogens is 4. The number of nitrogens with zero attached hydrogens (tertiary/aromatic N) is 4. The smallest absolute Gasteiger partial charge is 0.255 e. The first-order chi connectivity index (χ1) is 15.3. The van der Waals surface area contributed by atoms with Gasteiger partial charge in [0.1, 0.15) is 17.8 Å². The van der Waals surface area contributed by atoms with Gasteiger partial charge in [0, 0.05) is 55.3 Å². The molecule has 2 N–H and O–H groups in total. The van der Waals surface area contributed by atoms with Gasteiger partial charge in [-0.2, -0.15) is 0 Å². The van der Waals surface area contributed by atoms with Crippen molar-refractivity contribution in [3.8, 4) is 5.82 Å². The lowest BCUT2D eigenvalue weighted by atomic mass is 9.95. The van der Waals surface area contributed by atoms with Crippen LogP contribution in [0.25, 0.3) is 16.9 Å². The lowest BCUT2D eigenvalue weighted by molar-refractivity contribution is 0.0902. The van der Waals surface area contributed by atoms with Gasteiger partial charge in [-0.15, -0.1) is 0 Å². The van der Waals surface area contributed by atoms with E-state index in [1.165, 1.54) is 25.6 Å². The van der Waals surface area contributed by atoms with Crippen molar-refractivity contribution >= 4 is 22.6 Å². The highest BCUT2D eigenvalue weighted by Crippen LogP contribution is 2.25. The molecule has 0 radical (unpaired) electrons. The number of hydrogen-bond donors (Lipinski definition) is 2. The van der Waals surface area contributed by atoms with Gasteiger partial charge in [0.25, 0.3) is 5.91 Å². The fourth-order valence-electron chi connectivity index (χ4n) is 4.51. The van der Waals surface area contributed by atoms with E-state index in [0.717, 1.165) is 61.4 Å². The first kappa shape index (κ1) is 19.9. The molecule has 8 heteroatoms. The van der Waals surface area contributed by atoms with E-state index in [0.29, 0.717) is 5.56 Å². The molecule has 3 aromatic heterocycles. The van der Waals surface area contributed by atoms with Gasteiger partial charge >= 0.3 is 0 Å². The third-order valence-corrected chi connectivity index (χ3v) is 6.25. The number of nitrogens with one attached hydrogen (secondary N) is 2. The molecule has 3 aromatic rings. The highest BCUT2D eigenvalue weighted by molar-refractivity contribution is 5.99. The zero-order valence-electron chi connectivity index (χ0n) is 17.6. The number of ether oxygens (including phenoxy) is 1. The highest BCUT2D eigenvalue weighted by atomic mass is 16.5. The maximum Gasteiger partial charge on any atom is 0.255 e. The predicted octanol–water partition coefficient (Wildman–Crippen LogP) is 3.47. The normalized spacial score (nSPS) is 18.2. The molecule has 0 unspecified atom stereocenters. The lowest BCUT2D eigenvalue weighted by Crippen LogP contribution is -2.37. The summed E-state index contributed by atoms with van der Waals surface area (Å²) in [6.07, 6.45) is 14.5. The Labute approximate surface area is 181 Å². The van der Waals surface area contributed by atoms with Crippen LogP contribution in [0.1, 0.15) is 55.3 Å². The largest absolute Gasteiger partial charge is 0.381 e. The molecule has 31 heavy (non-hydrogen) atoms. The number of hydrogen-bond acceptors (Lipinski definition) is 6. The SMILES string of the molecule is O=C(NC1CCCCC1)c1cnc(-n2ccc3cncnc32)cc1NC1CCOCC1. The molecular formula is C23H28N6O2. The second-order valence-electron chi connectivity index (χ2n) is 8.41. The van der Waals surface area contributed by atoms with Crippen LogP contribution >= 0.6 is 0 Å². The minimum absolute atomic E-state index is 0.0554. The Kier molecular flexibility index (Phi) is 5.80. The van der Waals surface area contributed by atoms with Crippen LogP contribution in [0.4, 0.5) is 5.69 Å². The van der Waals surface area contributed by atoms with Crippen molar-refractivity contribution in [2.75, 3.05) is 18.5 Å². The predicted molar refractivity (Wildman–Crippen MR) is 118 cm³/mol. The molecular weight excluding hydrogens is 392 g/mol. The zero-order chi connectivity index (χ0) is 21.0. The molecule has 0 spiro atoms. The number of anilines is 1. The van der Waals surface area contributed by atoms with Crippen molar-refractivity contribution in [2.24, 2.45) is 0 Å². The second kappa shape index (κ2) is 9.01. The second-order valence-corrected chi connectivity index (χ2v) is 8.41. The first-order valence-electron chi connectivity index (χ1n) is 11.2. The molecule has 1 amide bonds. The maximum absolute atomic E-state index is 13.1. The fraction of sp³-hybridized carbons (Fsp3) is 0.478. The zero-order valence-corrected chi connectivity index (χ0v) is 17.6. The van der Waals surface area contributed by atoms with E-state index in [1.807, 2.05) is 22.9 Å². The van der Waals surface area contributed by atoms with Crippen molar-refractivity contribution in [2.45, 2.75) is 57.0 Å². The number of fused-ring (bicyclic) bond motifs is 1. The summed E-state index contributed by atoms with van der Waals surface area (Å²) >= 11 is 0. The van der Waals surface area contributed by atoms with Crippen LogP contribution in [-0.4, -0.2) is 50.7 Å². The average Bonchev–Trinajstić information content (AvgIpc) is 3.24. The average molecular weight is 421 g/mol. The lowest BCUT2D eigenvalue weighted by Gasteiger charge is -2.26. The van der Waals surface area contributed by atoms with Crippen molar-refractivity contribution in [1.82, 2.24) is 24.8 Å². The van der Waals surface area contributed by atoms with E-state index in [-0.39, 0.29) is 18.0 Å². The van der Waals surface area contributed by atoms with Crippen molar-refractivity contribution in [3.63, 3.8) is 0 Å². The molecule has 0 bridgehead atoms. The van der Waals surface area contributed by atoms with Gasteiger partial charge in [0.2, 0.25) is 0 Å². The summed E-state index contributed by atoms with van der Waals surface area (Å²) in [6, 6.07) is 4.44. The van der Waals surface area contributed by atoms with Gasteiger partial charge in [-0.05, 0) is 31.7 Å². The summed E-state index contributed by atoms with van der Waals surface area (Å²) in [5.41, 5.74) is 2.19. The van der Waals surface area contributed by atoms with Gasteiger partial charge < -0.3 is 15.4 Å². The minimum atomic E-state index is -0.0554. The number of amides is 1. The van der Waals surface area contributed by atoms with Crippen LogP contribution in [0, 0.1) is 0 Å². The molecule has 2 aliphatic rings. The van der Waals surface area contributed by atoms with E-state index in [9.17, 15) is 4.79 Å². The summed E-state index contributed by atoms with van der Waals surface area (Å²) in [5, 5.41) is 7.76. The molecule has 1 saturated carbocycles. The van der Waals surface area contributed by atoms with Gasteiger partial charge in [-0.25, -0.2) is 15.0 Å². The third-order valence-electron chi connectivity index (χ3n) is 6.25. The molecule has 0 atom stereocenters. The van der Waals surface area contributed by atoms with Gasteiger partial charge in [-0.1, -0.05) is 19.3 Å². The Morgan fingerprint density at radius 1 is 1.03 bits per heavy atom. The standard InChI is InChI=1S/C23H28N6O2/c30-23(28-17-4-2-1-3-5-17)19-14-25-21(12-20(19)27-18-7-10-31-11-8-18)29-9-6-16-13-24-15-26-22(16)29/h6,9,12-15,17-18H,1-5,7-8,10-11H2,(H,25,27)(H,28,30). The number of carbonyl (C=O) groups is 1. The Hall–Kier alpha value is -3.00. The third kappa shape index (κ3) is 4.39. The molecule has 0 aromatic carbocycles. The molecule has 4 heterocycles. The number of pyridine rings is 1. The molecule has 1 aliphatic heterocycles. The molecule has 8 nitrogen and oxygen atoms in total. The Bertz CT molecular complexity index is 1050. The van der Waals surface area contributed by atoms with Crippen molar-refractivity contribution in [1.29, 1.82) is 0 Å². The van der Waals surface area contributed by atoms with Crippen molar-refractivity contribution < 1.29 is 9.53 Å². The summed E-state index contributed by atoms with van der Waals surface area (Å²) in [4.78, 5) is 26.2. The maximum atomic E-state index is 13.1. The summed E-state index contributed by atoms with van der Waals surface area (Å²) in [5.74, 6) is 0.665. The van der Waals surface area contributed by atoms with Crippen LogP contribution in [-0.2, 0) is 4.74 Å². The van der Waals surface area contributed by atoms with Gasteiger partial charge in [0.05, 0.1) is 11.3 Å². The molecule has 5 rings (SSSR count). The van der Waals surface area contributed by atoms with E-state index in [4.69, 9.17) is 4.74 Å². The summed E-state index contributed by atoms with van der Waals surface area (Å²) in [7, 11) is 0. The monoisotopic (exact) mass is 420 g/mol. The van der Waals surface area contributed by atoms with Crippen LogP contribution in [0.3, 0.4) is 0 Å². The molecule has 1 aliphatic carbocycles. The summed E-state index contributed by atoms with van der Waals surface area (Å²) in [6.45, 7) is 1.47. The van der Waals surface area contributed by atoms with Crippen LogP contribution in [0.15, 0.2) is 37.1 Å². The Morgan fingerprint density at radius 3 is 2.71 bits per heavy atom. The quantitative estimate of drug-likeness (QED) is 0.656. The Morgan fingerprint density at radius 2 is 1.87 bits per heavy atom. The van der Waals surface area contributed by atoms with Gasteiger partial charge in [0.15, 0.2) is 0 Å². The van der Waals surface area contributed by atoms with Crippen LogP contribution in [0.2, 0.25) is 0 Å². The van der Waals surface area contributed by atoms with E-state index in [1.54, 1.807) is 12.4 Å².